The largest absolute Gasteiger partial charge is 0.394 e. The number of hydrogen-bond donors (Lipinski definition) is 3. The third-order valence-electron chi connectivity index (χ3n) is 8.53. The molecule has 208 valence electrons. The van der Waals surface area contributed by atoms with Crippen molar-refractivity contribution in [2.45, 2.75) is 68.2 Å². The molecule has 9 heteroatoms. The van der Waals surface area contributed by atoms with Crippen LogP contribution < -0.4 is 10.6 Å². The van der Waals surface area contributed by atoms with E-state index in [4.69, 9.17) is 11.6 Å². The monoisotopic (exact) mass is 569 g/mol. The number of aliphatic hydroxyl groups is 1. The van der Waals surface area contributed by atoms with Crippen molar-refractivity contribution in [2.75, 3.05) is 11.9 Å². The highest BCUT2D eigenvalue weighted by atomic mass is 35.5. The maximum atomic E-state index is 14.3. The van der Waals surface area contributed by atoms with Gasteiger partial charge in [0.1, 0.15) is 6.04 Å². The Labute approximate surface area is 239 Å². The number of fused-ring (bicyclic) bond motifs is 1. The summed E-state index contributed by atoms with van der Waals surface area (Å²) < 4.78 is -1.24. The van der Waals surface area contributed by atoms with E-state index in [0.29, 0.717) is 30.1 Å². The lowest BCUT2D eigenvalue weighted by Gasteiger charge is -2.37. The van der Waals surface area contributed by atoms with Crippen LogP contribution in [-0.4, -0.2) is 55.9 Å². The highest BCUT2D eigenvalue weighted by Crippen LogP contribution is 2.71. The number of halogens is 1. The zero-order valence-corrected chi connectivity index (χ0v) is 24.1. The van der Waals surface area contributed by atoms with Crippen LogP contribution in [0.4, 0.5) is 5.69 Å². The number of nitrogens with one attached hydrogen (secondary N) is 2. The number of para-hydroxylation sites is 1. The van der Waals surface area contributed by atoms with Gasteiger partial charge in [-0.05, 0) is 49.8 Å². The van der Waals surface area contributed by atoms with E-state index in [2.05, 4.69) is 17.6 Å². The number of likely N-dealkylation sites (tertiary alicyclic amines) is 1. The molecule has 3 aliphatic heterocycles. The second kappa shape index (κ2) is 10.8. The molecular weight excluding hydrogens is 534 g/mol. The van der Waals surface area contributed by atoms with Crippen molar-refractivity contribution >= 4 is 46.8 Å². The van der Waals surface area contributed by atoms with Crippen molar-refractivity contribution in [3.8, 4) is 0 Å². The number of carbonyl (C=O) groups is 3. The normalized spacial score (nSPS) is 29.9. The van der Waals surface area contributed by atoms with Crippen LogP contribution in [-0.2, 0) is 20.9 Å². The first kappa shape index (κ1) is 28.0. The number of carbonyl (C=O) groups excluding carboxylic acids is 3. The summed E-state index contributed by atoms with van der Waals surface area (Å²) in [4.78, 5) is 43.8. The summed E-state index contributed by atoms with van der Waals surface area (Å²) in [5.41, 5.74) is 1.46. The van der Waals surface area contributed by atoms with Gasteiger partial charge in [-0.2, -0.15) is 0 Å². The zero-order chi connectivity index (χ0) is 27.9. The Morgan fingerprint density at radius 2 is 1.79 bits per heavy atom. The molecule has 2 bridgehead atoms. The number of amides is 3. The summed E-state index contributed by atoms with van der Waals surface area (Å²) in [7, 11) is 0. The molecule has 0 radical (unpaired) electrons. The Bertz CT molecular complexity index is 1260. The first-order valence-corrected chi connectivity index (χ1v) is 14.8. The first-order valence-electron chi connectivity index (χ1n) is 13.6. The molecule has 2 aromatic rings. The Morgan fingerprint density at radius 1 is 1.10 bits per heavy atom. The molecule has 3 N–H and O–H groups in total. The Kier molecular flexibility index (Phi) is 7.74. The van der Waals surface area contributed by atoms with E-state index in [1.807, 2.05) is 44.2 Å². The van der Waals surface area contributed by atoms with Crippen molar-refractivity contribution < 1.29 is 19.5 Å². The maximum absolute atomic E-state index is 14.3. The predicted octanol–water partition coefficient (Wildman–Crippen LogP) is 4.48. The molecule has 3 amide bonds. The van der Waals surface area contributed by atoms with E-state index in [0.717, 1.165) is 12.0 Å². The average molecular weight is 570 g/mol. The van der Waals surface area contributed by atoms with Crippen LogP contribution in [0.1, 0.15) is 45.6 Å². The smallest absolute Gasteiger partial charge is 0.248 e. The van der Waals surface area contributed by atoms with Gasteiger partial charge in [-0.15, -0.1) is 11.8 Å². The van der Waals surface area contributed by atoms with E-state index in [1.54, 1.807) is 40.9 Å². The quantitative estimate of drug-likeness (QED) is 0.413. The minimum absolute atomic E-state index is 0.162. The van der Waals surface area contributed by atoms with Crippen molar-refractivity contribution in [1.82, 2.24) is 10.2 Å². The standard InChI is InChI=1S/C30H36ClN3O4S/c1-18(2)15-20(17-35)34-25(27(37)33-22-12-8-7-11-21(22)31)30-14-13-29(3,39-30)23(24(30)28(34)38)26(36)32-16-19-9-5-4-6-10-19/h4-12,18,20,23-25,35H,13-17H2,1-3H3,(H,32,36)(H,33,37)/t20-,23-,24+,25?,29+,30?/m1/s1. The van der Waals surface area contributed by atoms with E-state index in [1.165, 1.54) is 0 Å². The lowest BCUT2D eigenvalue weighted by molar-refractivity contribution is -0.143. The van der Waals surface area contributed by atoms with Crippen molar-refractivity contribution in [3.63, 3.8) is 0 Å². The number of nitrogens with zero attached hydrogens (tertiary/aromatic N) is 1. The van der Waals surface area contributed by atoms with Crippen molar-refractivity contribution in [3.05, 3.63) is 65.2 Å². The van der Waals surface area contributed by atoms with E-state index >= 15 is 0 Å². The van der Waals surface area contributed by atoms with Gasteiger partial charge in [0.15, 0.2) is 0 Å². The molecule has 2 aromatic carbocycles. The summed E-state index contributed by atoms with van der Waals surface area (Å²) in [6.45, 7) is 6.23. The molecular formula is C30H36ClN3O4S. The lowest BCUT2D eigenvalue weighted by Crippen LogP contribution is -2.55. The van der Waals surface area contributed by atoms with E-state index in [9.17, 15) is 19.5 Å². The van der Waals surface area contributed by atoms with Gasteiger partial charge in [-0.3, -0.25) is 14.4 Å². The molecule has 3 fully saturated rings. The summed E-state index contributed by atoms with van der Waals surface area (Å²) in [6, 6.07) is 15.3. The number of rotatable bonds is 9. The molecule has 7 nitrogen and oxygen atoms in total. The van der Waals surface area contributed by atoms with E-state index < -0.39 is 33.4 Å². The highest BCUT2D eigenvalue weighted by Gasteiger charge is 2.77. The topological polar surface area (TPSA) is 98.7 Å². The highest BCUT2D eigenvalue weighted by molar-refractivity contribution is 8.02. The number of aliphatic hydroxyl groups excluding tert-OH is 1. The molecule has 3 heterocycles. The Balaban J connectivity index is 1.51. The number of hydrogen-bond acceptors (Lipinski definition) is 5. The fourth-order valence-corrected chi connectivity index (χ4v) is 9.46. The van der Waals surface area contributed by atoms with Crippen LogP contribution in [0.3, 0.4) is 0 Å². The number of anilines is 1. The molecule has 6 atom stereocenters. The third-order valence-corrected chi connectivity index (χ3v) is 10.8. The predicted molar refractivity (Wildman–Crippen MR) is 154 cm³/mol. The minimum Gasteiger partial charge on any atom is -0.394 e. The summed E-state index contributed by atoms with van der Waals surface area (Å²) in [5.74, 6) is -1.74. The second-order valence-electron chi connectivity index (χ2n) is 11.6. The van der Waals surface area contributed by atoms with Crippen LogP contribution in [0.15, 0.2) is 54.6 Å². The fourth-order valence-electron chi connectivity index (χ4n) is 6.94. The third kappa shape index (κ3) is 4.85. The minimum atomic E-state index is -0.832. The second-order valence-corrected chi connectivity index (χ2v) is 13.9. The van der Waals surface area contributed by atoms with Gasteiger partial charge in [-0.1, -0.05) is 67.9 Å². The van der Waals surface area contributed by atoms with Gasteiger partial charge in [0.25, 0.3) is 0 Å². The fraction of sp³-hybridized carbons (Fsp3) is 0.500. The summed E-state index contributed by atoms with van der Waals surface area (Å²) >= 11 is 7.98. The first-order chi connectivity index (χ1) is 18.6. The molecule has 0 aliphatic carbocycles. The van der Waals surface area contributed by atoms with Gasteiger partial charge in [0.05, 0.1) is 39.9 Å². The van der Waals surface area contributed by atoms with Gasteiger partial charge in [0, 0.05) is 11.3 Å². The molecule has 2 unspecified atom stereocenters. The van der Waals surface area contributed by atoms with Crippen molar-refractivity contribution in [2.24, 2.45) is 17.8 Å². The molecule has 3 aliphatic rings. The van der Waals surface area contributed by atoms with Crippen LogP contribution in [0.5, 0.6) is 0 Å². The van der Waals surface area contributed by atoms with Gasteiger partial charge >= 0.3 is 0 Å². The number of thioether (sulfide) groups is 1. The van der Waals surface area contributed by atoms with Crippen molar-refractivity contribution in [1.29, 1.82) is 0 Å². The van der Waals surface area contributed by atoms with Gasteiger partial charge in [-0.25, -0.2) is 0 Å². The molecule has 0 saturated carbocycles. The zero-order valence-electron chi connectivity index (χ0n) is 22.5. The maximum Gasteiger partial charge on any atom is 0.248 e. The Hall–Kier alpha value is -2.55. The number of benzene rings is 2. The Morgan fingerprint density at radius 3 is 2.46 bits per heavy atom. The van der Waals surface area contributed by atoms with E-state index in [-0.39, 0.29) is 30.2 Å². The SMILES string of the molecule is CC(C)C[C@H](CO)N1C(=O)[C@@H]2[C@H](C(=O)NCc3ccccc3)[C@]3(C)CCC2(S3)C1C(=O)Nc1ccccc1Cl. The van der Waals surface area contributed by atoms with Crippen LogP contribution >= 0.6 is 23.4 Å². The van der Waals surface area contributed by atoms with Gasteiger partial charge in [0.2, 0.25) is 17.7 Å². The molecule has 0 aromatic heterocycles. The van der Waals surface area contributed by atoms with Crippen LogP contribution in [0.2, 0.25) is 5.02 Å². The molecule has 5 rings (SSSR count). The average Bonchev–Trinajstić information content (AvgIpc) is 3.48. The molecule has 39 heavy (non-hydrogen) atoms. The summed E-state index contributed by atoms with van der Waals surface area (Å²) in [6.07, 6.45) is 1.92. The summed E-state index contributed by atoms with van der Waals surface area (Å²) in [5, 5.41) is 16.9. The molecule has 1 spiro atoms. The lowest BCUT2D eigenvalue weighted by atomic mass is 9.66. The van der Waals surface area contributed by atoms with Crippen LogP contribution in [0.25, 0.3) is 0 Å². The van der Waals surface area contributed by atoms with Crippen LogP contribution in [0, 0.1) is 17.8 Å². The molecule has 3 saturated heterocycles. The van der Waals surface area contributed by atoms with Gasteiger partial charge < -0.3 is 20.6 Å².